The van der Waals surface area contributed by atoms with E-state index in [1.165, 1.54) is 0 Å². The fourth-order valence-electron chi connectivity index (χ4n) is 4.50. The molecule has 0 bridgehead atoms. The van der Waals surface area contributed by atoms with Crippen LogP contribution in [0.2, 0.25) is 0 Å². The molecule has 0 amide bonds. The summed E-state index contributed by atoms with van der Waals surface area (Å²) in [7, 11) is 0. The van der Waals surface area contributed by atoms with Gasteiger partial charge >= 0.3 is 5.97 Å². The normalized spacial score (nSPS) is 16.8. The quantitative estimate of drug-likeness (QED) is 0.396. The van der Waals surface area contributed by atoms with Gasteiger partial charge in [0.1, 0.15) is 17.2 Å². The Bertz CT molecular complexity index is 1140. The minimum Gasteiger partial charge on any atom is -0.460 e. The van der Waals surface area contributed by atoms with E-state index in [4.69, 9.17) is 9.57 Å². The lowest BCUT2D eigenvalue weighted by Crippen LogP contribution is -2.40. The van der Waals surface area contributed by atoms with Crippen molar-refractivity contribution in [1.82, 2.24) is 15.4 Å². The van der Waals surface area contributed by atoms with Crippen molar-refractivity contribution in [1.29, 1.82) is 0 Å². The summed E-state index contributed by atoms with van der Waals surface area (Å²) >= 11 is 0. The molecule has 1 fully saturated rings. The van der Waals surface area contributed by atoms with Crippen LogP contribution in [0.15, 0.2) is 36.3 Å². The fourth-order valence-corrected chi connectivity index (χ4v) is 4.50. The van der Waals surface area contributed by atoms with Gasteiger partial charge in [-0.1, -0.05) is 6.92 Å². The molecule has 206 valence electrons. The van der Waals surface area contributed by atoms with Crippen molar-refractivity contribution in [3.05, 3.63) is 59.1 Å². The van der Waals surface area contributed by atoms with E-state index in [0.29, 0.717) is 19.5 Å². The molecule has 1 N–H and O–H groups in total. The maximum Gasteiger partial charge on any atom is 0.310 e. The van der Waals surface area contributed by atoms with Crippen molar-refractivity contribution in [2.24, 2.45) is 0 Å². The molecule has 2 aromatic rings. The van der Waals surface area contributed by atoms with E-state index in [2.05, 4.69) is 27.3 Å². The maximum atomic E-state index is 14.8. The molecule has 38 heavy (non-hydrogen) atoms. The average molecular weight is 530 g/mol. The summed E-state index contributed by atoms with van der Waals surface area (Å²) in [5.74, 6) is -1.03. The van der Waals surface area contributed by atoms with E-state index < -0.39 is 23.2 Å². The molecular weight excluding hydrogens is 492 g/mol. The number of esters is 1. The molecule has 1 aromatic carbocycles. The van der Waals surface area contributed by atoms with E-state index in [-0.39, 0.29) is 23.8 Å². The second kappa shape index (κ2) is 12.1. The topological polar surface area (TPSA) is 79.8 Å². The summed E-state index contributed by atoms with van der Waals surface area (Å²) in [6.45, 7) is 9.83. The second-order valence-corrected chi connectivity index (χ2v) is 10.7. The van der Waals surface area contributed by atoms with Crippen LogP contribution >= 0.6 is 0 Å². The Hall–Kier alpha value is -3.27. The van der Waals surface area contributed by atoms with Gasteiger partial charge in [0, 0.05) is 62.3 Å². The van der Waals surface area contributed by atoms with Gasteiger partial charge in [0.25, 0.3) is 0 Å². The first-order valence-electron chi connectivity index (χ1n) is 13.2. The molecule has 0 aliphatic carbocycles. The van der Waals surface area contributed by atoms with Gasteiger partial charge in [-0.15, -0.1) is 0 Å². The average Bonchev–Trinajstić information content (AvgIpc) is 2.89. The van der Waals surface area contributed by atoms with E-state index in [0.717, 1.165) is 61.7 Å². The molecule has 0 atom stereocenters. The van der Waals surface area contributed by atoms with Crippen LogP contribution in [0.25, 0.3) is 0 Å². The predicted molar refractivity (Wildman–Crippen MR) is 142 cm³/mol. The summed E-state index contributed by atoms with van der Waals surface area (Å²) in [6.07, 6.45) is 8.67. The summed E-state index contributed by atoms with van der Waals surface area (Å²) < 4.78 is 34.8. The van der Waals surface area contributed by atoms with Crippen molar-refractivity contribution in [2.45, 2.75) is 71.5 Å². The molecule has 0 unspecified atom stereocenters. The third-order valence-corrected chi connectivity index (χ3v) is 6.60. The Morgan fingerprint density at radius 1 is 1.08 bits per heavy atom. The molecule has 0 radical (unpaired) electrons. The van der Waals surface area contributed by atoms with Gasteiger partial charge in [-0.05, 0) is 57.7 Å². The monoisotopic (exact) mass is 529 g/mol. The first kappa shape index (κ1) is 27.8. The fraction of sp³-hybridized carbons (Fsp3) is 0.536. The number of halogens is 2. The first-order chi connectivity index (χ1) is 18.1. The molecular formula is C28H37F2N5O3. The van der Waals surface area contributed by atoms with Crippen molar-refractivity contribution in [3.63, 3.8) is 0 Å². The number of hydroxylamine groups is 1. The number of ether oxygens (including phenoxy) is 1. The number of carbonyl (C=O) groups is 1. The zero-order valence-corrected chi connectivity index (χ0v) is 22.6. The Labute approximate surface area is 223 Å². The Kier molecular flexibility index (Phi) is 8.81. The number of hydrogen-bond donors (Lipinski definition) is 1. The van der Waals surface area contributed by atoms with Crippen LogP contribution in [0.1, 0.15) is 58.1 Å². The SMILES string of the molecule is CCc1cnc(N2CCC(ONC3=CCN(c4cc(F)c(CC(=O)OC(C)(C)C)cc4F)CC3)CC2)nc1. The summed E-state index contributed by atoms with van der Waals surface area (Å²) in [6, 6.07) is 2.25. The van der Waals surface area contributed by atoms with Crippen LogP contribution in [-0.2, 0) is 27.2 Å². The van der Waals surface area contributed by atoms with Gasteiger partial charge in [0.2, 0.25) is 5.95 Å². The lowest BCUT2D eigenvalue weighted by Gasteiger charge is -2.33. The third-order valence-electron chi connectivity index (χ3n) is 6.60. The van der Waals surface area contributed by atoms with Gasteiger partial charge in [0.15, 0.2) is 0 Å². The van der Waals surface area contributed by atoms with Crippen LogP contribution in [0, 0.1) is 11.6 Å². The van der Waals surface area contributed by atoms with Crippen LogP contribution in [0.5, 0.6) is 0 Å². The lowest BCUT2D eigenvalue weighted by molar-refractivity contribution is -0.153. The maximum absolute atomic E-state index is 14.8. The van der Waals surface area contributed by atoms with Crippen molar-refractivity contribution < 1.29 is 23.1 Å². The standard InChI is InChI=1S/C28H37F2N5O3/c1-5-19-17-31-27(32-18-19)35-12-8-22(9-13-35)38-33-21-6-10-34(11-7-21)25-16-23(29)20(14-24(25)30)15-26(36)37-28(2,3)4/h6,14,16-18,22,33H,5,7-13,15H2,1-4H3. The molecule has 1 aromatic heterocycles. The van der Waals surface area contributed by atoms with Crippen LogP contribution in [-0.4, -0.2) is 53.8 Å². The molecule has 0 spiro atoms. The second-order valence-electron chi connectivity index (χ2n) is 10.7. The zero-order chi connectivity index (χ0) is 27.3. The third kappa shape index (κ3) is 7.40. The summed E-state index contributed by atoms with van der Waals surface area (Å²) in [4.78, 5) is 30.8. The summed E-state index contributed by atoms with van der Waals surface area (Å²) in [5, 5.41) is 0. The Morgan fingerprint density at radius 2 is 1.79 bits per heavy atom. The van der Waals surface area contributed by atoms with Crippen molar-refractivity contribution in [2.75, 3.05) is 36.0 Å². The summed E-state index contributed by atoms with van der Waals surface area (Å²) in [5.41, 5.74) is 4.59. The Balaban J connectivity index is 1.25. The van der Waals surface area contributed by atoms with E-state index in [9.17, 15) is 13.6 Å². The van der Waals surface area contributed by atoms with E-state index in [1.807, 2.05) is 18.5 Å². The van der Waals surface area contributed by atoms with Gasteiger partial charge < -0.3 is 14.5 Å². The Morgan fingerprint density at radius 3 is 2.39 bits per heavy atom. The predicted octanol–water partition coefficient (Wildman–Crippen LogP) is 4.49. The number of hydrogen-bond acceptors (Lipinski definition) is 8. The number of benzene rings is 1. The highest BCUT2D eigenvalue weighted by Gasteiger charge is 2.24. The largest absolute Gasteiger partial charge is 0.460 e. The molecule has 1 saturated heterocycles. The number of nitrogens with zero attached hydrogens (tertiary/aromatic N) is 4. The minimum absolute atomic E-state index is 0.0145. The van der Waals surface area contributed by atoms with Gasteiger partial charge in [-0.2, -0.15) is 0 Å². The highest BCUT2D eigenvalue weighted by molar-refractivity contribution is 5.73. The number of rotatable bonds is 8. The highest BCUT2D eigenvalue weighted by atomic mass is 19.1. The van der Waals surface area contributed by atoms with Gasteiger partial charge in [-0.3, -0.25) is 15.1 Å². The van der Waals surface area contributed by atoms with Crippen LogP contribution in [0.4, 0.5) is 20.4 Å². The molecule has 2 aliphatic heterocycles. The number of anilines is 2. The molecule has 4 rings (SSSR count). The van der Waals surface area contributed by atoms with Gasteiger partial charge in [-0.25, -0.2) is 18.7 Å². The zero-order valence-electron chi connectivity index (χ0n) is 22.6. The molecule has 2 aliphatic rings. The smallest absolute Gasteiger partial charge is 0.310 e. The van der Waals surface area contributed by atoms with Gasteiger partial charge in [0.05, 0.1) is 18.2 Å². The highest BCUT2D eigenvalue weighted by Crippen LogP contribution is 2.27. The number of aryl methyl sites for hydroxylation is 1. The van der Waals surface area contributed by atoms with Crippen molar-refractivity contribution >= 4 is 17.6 Å². The van der Waals surface area contributed by atoms with Crippen molar-refractivity contribution in [3.8, 4) is 0 Å². The molecule has 3 heterocycles. The van der Waals surface area contributed by atoms with E-state index >= 15 is 0 Å². The van der Waals surface area contributed by atoms with Crippen LogP contribution in [0.3, 0.4) is 0 Å². The molecule has 8 nitrogen and oxygen atoms in total. The number of nitrogens with one attached hydrogen (secondary N) is 1. The minimum atomic E-state index is -0.686. The number of aromatic nitrogens is 2. The van der Waals surface area contributed by atoms with Crippen LogP contribution < -0.4 is 15.3 Å². The lowest BCUT2D eigenvalue weighted by atomic mass is 10.1. The first-order valence-corrected chi connectivity index (χ1v) is 13.2. The van der Waals surface area contributed by atoms with E-state index in [1.54, 1.807) is 25.7 Å². The molecule has 0 saturated carbocycles. The number of carbonyl (C=O) groups excluding carboxylic acids is 1. The number of piperidine rings is 1. The molecule has 10 heteroatoms.